The lowest BCUT2D eigenvalue weighted by Gasteiger charge is -2.36. The molecule has 0 aromatic heterocycles. The second kappa shape index (κ2) is 7.31. The van der Waals surface area contributed by atoms with E-state index in [1.54, 1.807) is 0 Å². The van der Waals surface area contributed by atoms with Crippen LogP contribution in [0.1, 0.15) is 52.4 Å². The molecule has 1 heterocycles. The molecule has 0 spiro atoms. The number of alkyl halides is 1. The van der Waals surface area contributed by atoms with Crippen LogP contribution in [0.4, 0.5) is 0 Å². The Balaban J connectivity index is 2.43. The molecule has 1 rings (SSSR count). The number of carbonyl (C=O) groups is 1. The molecule has 1 fully saturated rings. The molecule has 0 aromatic rings. The summed E-state index contributed by atoms with van der Waals surface area (Å²) in [5, 5.41) is 1.01. The van der Waals surface area contributed by atoms with Gasteiger partial charge in [-0.1, -0.05) is 29.8 Å². The maximum absolute atomic E-state index is 12.1. The van der Waals surface area contributed by atoms with E-state index in [0.29, 0.717) is 17.9 Å². The number of hydrogen-bond acceptors (Lipinski definition) is 1. The van der Waals surface area contributed by atoms with Crippen molar-refractivity contribution in [1.82, 2.24) is 4.90 Å². The maximum Gasteiger partial charge on any atom is 0.222 e. The first-order chi connectivity index (χ1) is 7.65. The molecular formula is C13H24BrNO. The fourth-order valence-electron chi connectivity index (χ4n) is 2.31. The fraction of sp³-hybridized carbons (Fsp3) is 0.923. The van der Waals surface area contributed by atoms with Crippen molar-refractivity contribution in [2.45, 2.75) is 58.4 Å². The van der Waals surface area contributed by atoms with Gasteiger partial charge in [-0.25, -0.2) is 0 Å². The van der Waals surface area contributed by atoms with Gasteiger partial charge in [0.1, 0.15) is 0 Å². The summed E-state index contributed by atoms with van der Waals surface area (Å²) in [6, 6.07) is 0.493. The highest BCUT2D eigenvalue weighted by Gasteiger charge is 2.25. The van der Waals surface area contributed by atoms with Crippen molar-refractivity contribution in [2.75, 3.05) is 11.9 Å². The molecule has 0 aliphatic carbocycles. The lowest BCUT2D eigenvalue weighted by Crippen LogP contribution is -2.43. The van der Waals surface area contributed by atoms with Crippen molar-refractivity contribution < 1.29 is 4.79 Å². The third-order valence-corrected chi connectivity index (χ3v) is 3.78. The van der Waals surface area contributed by atoms with E-state index in [1.807, 2.05) is 0 Å². The summed E-state index contributed by atoms with van der Waals surface area (Å²) in [6.07, 6.45) is 6.52. The van der Waals surface area contributed by atoms with E-state index in [4.69, 9.17) is 0 Å². The number of piperidine rings is 1. The van der Waals surface area contributed by atoms with Crippen LogP contribution in [0.25, 0.3) is 0 Å². The van der Waals surface area contributed by atoms with Crippen molar-refractivity contribution in [2.24, 2.45) is 5.92 Å². The van der Waals surface area contributed by atoms with Crippen LogP contribution in [0.3, 0.4) is 0 Å². The predicted octanol–water partition coefficient (Wildman–Crippen LogP) is 3.59. The highest BCUT2D eigenvalue weighted by Crippen LogP contribution is 2.22. The second-order valence-electron chi connectivity index (χ2n) is 5.15. The number of halogens is 1. The Morgan fingerprint density at radius 1 is 1.44 bits per heavy atom. The molecule has 16 heavy (non-hydrogen) atoms. The largest absolute Gasteiger partial charge is 0.340 e. The Morgan fingerprint density at radius 2 is 2.19 bits per heavy atom. The van der Waals surface area contributed by atoms with Gasteiger partial charge in [0.2, 0.25) is 5.91 Å². The summed E-state index contributed by atoms with van der Waals surface area (Å²) in [4.78, 5) is 14.2. The monoisotopic (exact) mass is 289 g/mol. The Kier molecular flexibility index (Phi) is 6.40. The van der Waals surface area contributed by atoms with Gasteiger partial charge in [0.25, 0.3) is 0 Å². The summed E-state index contributed by atoms with van der Waals surface area (Å²) >= 11 is 3.49. The highest BCUT2D eigenvalue weighted by atomic mass is 79.9. The molecule has 0 saturated carbocycles. The number of carbonyl (C=O) groups excluding carboxylic acids is 1. The Morgan fingerprint density at radius 3 is 2.81 bits per heavy atom. The number of hydrogen-bond donors (Lipinski definition) is 0. The molecule has 2 nitrogen and oxygen atoms in total. The molecule has 0 N–H and O–H groups in total. The number of nitrogens with zero attached hydrogens (tertiary/aromatic N) is 1. The second-order valence-corrected chi connectivity index (χ2v) is 5.94. The van der Waals surface area contributed by atoms with Gasteiger partial charge in [0, 0.05) is 24.3 Å². The Labute approximate surface area is 108 Å². The molecule has 1 amide bonds. The number of likely N-dealkylation sites (tertiary alicyclic amines) is 1. The van der Waals surface area contributed by atoms with Crippen LogP contribution in [0.15, 0.2) is 0 Å². The standard InChI is InChI=1S/C13H24BrNO/c1-11(2)6-7-13(16)15-10-4-3-5-12(15)8-9-14/h11-12H,3-10H2,1-2H3. The van der Waals surface area contributed by atoms with E-state index in [0.717, 1.165) is 31.1 Å². The first-order valence-corrected chi connectivity index (χ1v) is 7.62. The highest BCUT2D eigenvalue weighted by molar-refractivity contribution is 9.09. The summed E-state index contributed by atoms with van der Waals surface area (Å²) in [5.41, 5.74) is 0. The van der Waals surface area contributed by atoms with Crippen molar-refractivity contribution in [1.29, 1.82) is 0 Å². The van der Waals surface area contributed by atoms with Gasteiger partial charge in [-0.05, 0) is 38.0 Å². The van der Waals surface area contributed by atoms with Crippen molar-refractivity contribution in [3.05, 3.63) is 0 Å². The van der Waals surface area contributed by atoms with Crippen LogP contribution in [0.5, 0.6) is 0 Å². The zero-order valence-electron chi connectivity index (χ0n) is 10.5. The predicted molar refractivity (Wildman–Crippen MR) is 71.8 cm³/mol. The van der Waals surface area contributed by atoms with Gasteiger partial charge in [-0.3, -0.25) is 4.79 Å². The molecule has 1 unspecified atom stereocenters. The molecule has 0 radical (unpaired) electrons. The van der Waals surface area contributed by atoms with Crippen molar-refractivity contribution in [3.8, 4) is 0 Å². The van der Waals surface area contributed by atoms with Crippen molar-refractivity contribution in [3.63, 3.8) is 0 Å². The van der Waals surface area contributed by atoms with Gasteiger partial charge in [-0.2, -0.15) is 0 Å². The first kappa shape index (κ1) is 14.0. The number of amides is 1. The zero-order valence-corrected chi connectivity index (χ0v) is 12.1. The minimum Gasteiger partial charge on any atom is -0.340 e. The van der Waals surface area contributed by atoms with Gasteiger partial charge in [0.15, 0.2) is 0 Å². The van der Waals surface area contributed by atoms with E-state index >= 15 is 0 Å². The van der Waals surface area contributed by atoms with Crippen molar-refractivity contribution >= 4 is 21.8 Å². The smallest absolute Gasteiger partial charge is 0.222 e. The lowest BCUT2D eigenvalue weighted by molar-refractivity contribution is -0.135. The van der Waals surface area contributed by atoms with E-state index in [2.05, 4.69) is 34.7 Å². The molecule has 0 bridgehead atoms. The van der Waals surface area contributed by atoms with E-state index < -0.39 is 0 Å². The van der Waals surface area contributed by atoms with Crippen LogP contribution >= 0.6 is 15.9 Å². The van der Waals surface area contributed by atoms with Gasteiger partial charge in [0.05, 0.1) is 0 Å². The molecule has 0 aromatic carbocycles. The summed E-state index contributed by atoms with van der Waals surface area (Å²) < 4.78 is 0. The molecule has 1 aliphatic heterocycles. The van der Waals surface area contributed by atoms with E-state index in [-0.39, 0.29) is 0 Å². The van der Waals surface area contributed by atoms with E-state index in [9.17, 15) is 4.79 Å². The minimum atomic E-state index is 0.374. The van der Waals surface area contributed by atoms with Crippen LogP contribution in [0.2, 0.25) is 0 Å². The fourth-order valence-corrected chi connectivity index (χ4v) is 2.84. The average Bonchev–Trinajstić information content (AvgIpc) is 2.27. The van der Waals surface area contributed by atoms with Gasteiger partial charge < -0.3 is 4.90 Å². The molecule has 1 atom stereocenters. The number of rotatable bonds is 5. The Bertz CT molecular complexity index is 216. The normalized spacial score (nSPS) is 21.5. The lowest BCUT2D eigenvalue weighted by atomic mass is 9.98. The quantitative estimate of drug-likeness (QED) is 0.709. The molecule has 3 heteroatoms. The zero-order chi connectivity index (χ0) is 12.0. The topological polar surface area (TPSA) is 20.3 Å². The Hall–Kier alpha value is -0.0500. The van der Waals surface area contributed by atoms with Crippen LogP contribution in [-0.2, 0) is 4.79 Å². The SMILES string of the molecule is CC(C)CCC(=O)N1CCCCC1CCBr. The summed E-state index contributed by atoms with van der Waals surface area (Å²) in [7, 11) is 0. The third kappa shape index (κ3) is 4.44. The van der Waals surface area contributed by atoms with Crippen LogP contribution in [0, 0.1) is 5.92 Å². The third-order valence-electron chi connectivity index (χ3n) is 3.33. The summed E-state index contributed by atoms with van der Waals surface area (Å²) in [5.74, 6) is 1.00. The van der Waals surface area contributed by atoms with E-state index in [1.165, 1.54) is 19.3 Å². The molecular weight excluding hydrogens is 266 g/mol. The van der Waals surface area contributed by atoms with Gasteiger partial charge in [-0.15, -0.1) is 0 Å². The summed E-state index contributed by atoms with van der Waals surface area (Å²) in [6.45, 7) is 5.34. The average molecular weight is 290 g/mol. The minimum absolute atomic E-state index is 0.374. The molecule has 1 saturated heterocycles. The molecule has 1 aliphatic rings. The molecule has 94 valence electrons. The van der Waals surface area contributed by atoms with Crippen LogP contribution < -0.4 is 0 Å². The maximum atomic E-state index is 12.1. The van der Waals surface area contributed by atoms with Gasteiger partial charge >= 0.3 is 0 Å². The first-order valence-electron chi connectivity index (χ1n) is 6.50. The van der Waals surface area contributed by atoms with Crippen LogP contribution in [-0.4, -0.2) is 28.7 Å².